The van der Waals surface area contributed by atoms with Gasteiger partial charge in [0.05, 0.1) is 9.83 Å². The van der Waals surface area contributed by atoms with Crippen molar-refractivity contribution < 1.29 is 13.5 Å². The second-order valence-corrected chi connectivity index (χ2v) is 7.14. The van der Waals surface area contributed by atoms with Gasteiger partial charge in [-0.05, 0) is 58.7 Å². The van der Waals surface area contributed by atoms with Crippen LogP contribution in [0.5, 0.6) is 5.75 Å². The minimum absolute atomic E-state index is 0.0428. The Morgan fingerprint density at radius 3 is 2.67 bits per heavy atom. The van der Waals surface area contributed by atoms with Crippen LogP contribution in [-0.4, -0.2) is 13.2 Å². The number of aryl methyl sites for hydroxylation is 1. The lowest BCUT2D eigenvalue weighted by molar-refractivity contribution is -0.0498. The lowest BCUT2D eigenvalue weighted by atomic mass is 9.99. The van der Waals surface area contributed by atoms with Crippen LogP contribution in [0.25, 0.3) is 0 Å². The summed E-state index contributed by atoms with van der Waals surface area (Å²) in [6.45, 7) is 2.03. The molecule has 1 N–H and O–H groups in total. The minimum atomic E-state index is -2.81. The second kappa shape index (κ2) is 7.33. The van der Waals surface area contributed by atoms with E-state index in [0.29, 0.717) is 0 Å². The molecule has 0 amide bonds. The second-order valence-electron chi connectivity index (χ2n) is 4.50. The lowest BCUT2D eigenvalue weighted by Gasteiger charge is -2.19. The summed E-state index contributed by atoms with van der Waals surface area (Å²) in [5.74, 6) is 0.178. The molecule has 0 spiro atoms. The molecule has 2 nitrogen and oxygen atoms in total. The smallest absolute Gasteiger partial charge is 0.387 e. The molecule has 2 aromatic rings. The van der Waals surface area contributed by atoms with E-state index in [0.717, 1.165) is 21.5 Å². The Bertz CT molecular complexity index is 603. The van der Waals surface area contributed by atoms with Crippen LogP contribution < -0.4 is 10.1 Å². The molecule has 0 fully saturated rings. The Kier molecular flexibility index (Phi) is 5.72. The van der Waals surface area contributed by atoms with Gasteiger partial charge in [0.1, 0.15) is 5.75 Å². The average molecular weight is 376 g/mol. The SMILES string of the molecule is CCNC(c1cccc(OC(F)F)c1)c1cc(Br)sc1C. The van der Waals surface area contributed by atoms with E-state index in [9.17, 15) is 8.78 Å². The Morgan fingerprint density at radius 1 is 1.33 bits per heavy atom. The van der Waals surface area contributed by atoms with E-state index in [1.54, 1.807) is 23.5 Å². The van der Waals surface area contributed by atoms with Gasteiger partial charge in [-0.1, -0.05) is 19.1 Å². The zero-order valence-electron chi connectivity index (χ0n) is 11.7. The molecular formula is C15H16BrF2NOS. The number of hydrogen-bond donors (Lipinski definition) is 1. The molecule has 1 unspecified atom stereocenters. The Labute approximate surface area is 135 Å². The molecule has 0 radical (unpaired) electrons. The predicted molar refractivity (Wildman–Crippen MR) is 85.3 cm³/mol. The summed E-state index contributed by atoms with van der Waals surface area (Å²) in [4.78, 5) is 1.19. The highest BCUT2D eigenvalue weighted by atomic mass is 79.9. The summed E-state index contributed by atoms with van der Waals surface area (Å²) >= 11 is 5.15. The Hall–Kier alpha value is -0.980. The first-order valence-corrected chi connectivity index (χ1v) is 8.16. The highest BCUT2D eigenvalue weighted by Crippen LogP contribution is 2.34. The number of alkyl halides is 2. The molecule has 1 aromatic carbocycles. The van der Waals surface area contributed by atoms with Crippen LogP contribution in [0, 0.1) is 6.92 Å². The summed E-state index contributed by atoms with van der Waals surface area (Å²) in [7, 11) is 0. The van der Waals surface area contributed by atoms with E-state index in [-0.39, 0.29) is 11.8 Å². The van der Waals surface area contributed by atoms with Gasteiger partial charge in [0, 0.05) is 4.88 Å². The number of rotatable bonds is 6. The number of thiophene rings is 1. The molecule has 1 aromatic heterocycles. The van der Waals surface area contributed by atoms with Crippen molar-refractivity contribution in [1.29, 1.82) is 0 Å². The predicted octanol–water partition coefficient (Wildman–Crippen LogP) is 5.12. The van der Waals surface area contributed by atoms with Crippen LogP contribution in [0.4, 0.5) is 8.78 Å². The summed E-state index contributed by atoms with van der Waals surface area (Å²) in [6, 6.07) is 8.86. The molecule has 2 rings (SSSR count). The molecule has 21 heavy (non-hydrogen) atoms. The molecule has 1 heterocycles. The first-order chi connectivity index (χ1) is 10.0. The van der Waals surface area contributed by atoms with Crippen molar-refractivity contribution in [2.24, 2.45) is 0 Å². The molecule has 0 aliphatic carbocycles. The third-order valence-electron chi connectivity index (χ3n) is 3.06. The van der Waals surface area contributed by atoms with Gasteiger partial charge < -0.3 is 10.1 Å². The molecule has 0 saturated heterocycles. The van der Waals surface area contributed by atoms with Crippen LogP contribution in [0.2, 0.25) is 0 Å². The van der Waals surface area contributed by atoms with Gasteiger partial charge in [0.2, 0.25) is 0 Å². The van der Waals surface area contributed by atoms with Gasteiger partial charge in [-0.3, -0.25) is 0 Å². The maximum absolute atomic E-state index is 12.3. The molecule has 6 heteroatoms. The van der Waals surface area contributed by atoms with Crippen molar-refractivity contribution in [3.63, 3.8) is 0 Å². The topological polar surface area (TPSA) is 21.3 Å². The fourth-order valence-electron chi connectivity index (χ4n) is 2.23. The normalized spacial score (nSPS) is 12.7. The van der Waals surface area contributed by atoms with Crippen LogP contribution >= 0.6 is 27.3 Å². The van der Waals surface area contributed by atoms with E-state index >= 15 is 0 Å². The monoisotopic (exact) mass is 375 g/mol. The number of halogens is 3. The maximum Gasteiger partial charge on any atom is 0.387 e. The maximum atomic E-state index is 12.3. The quantitative estimate of drug-likeness (QED) is 0.756. The summed E-state index contributed by atoms with van der Waals surface area (Å²) in [5, 5.41) is 3.39. The van der Waals surface area contributed by atoms with Gasteiger partial charge in [-0.15, -0.1) is 11.3 Å². The van der Waals surface area contributed by atoms with Gasteiger partial charge in [-0.2, -0.15) is 8.78 Å². The van der Waals surface area contributed by atoms with Crippen LogP contribution in [0.15, 0.2) is 34.1 Å². The highest BCUT2D eigenvalue weighted by Gasteiger charge is 2.18. The molecular weight excluding hydrogens is 360 g/mol. The van der Waals surface area contributed by atoms with Crippen LogP contribution in [-0.2, 0) is 0 Å². The lowest BCUT2D eigenvalue weighted by Crippen LogP contribution is -2.22. The minimum Gasteiger partial charge on any atom is -0.435 e. The Balaban J connectivity index is 2.36. The van der Waals surface area contributed by atoms with E-state index in [4.69, 9.17) is 0 Å². The van der Waals surface area contributed by atoms with Gasteiger partial charge in [0.25, 0.3) is 0 Å². The molecule has 0 aliphatic heterocycles. The van der Waals surface area contributed by atoms with Crippen molar-refractivity contribution in [3.8, 4) is 5.75 Å². The van der Waals surface area contributed by atoms with E-state index in [1.807, 2.05) is 13.0 Å². The molecule has 0 bridgehead atoms. The fraction of sp³-hybridized carbons (Fsp3) is 0.333. The van der Waals surface area contributed by atoms with E-state index < -0.39 is 6.61 Å². The van der Waals surface area contributed by atoms with Crippen molar-refractivity contribution >= 4 is 27.3 Å². The first kappa shape index (κ1) is 16.4. The zero-order chi connectivity index (χ0) is 15.4. The van der Waals surface area contributed by atoms with E-state index in [2.05, 4.69) is 39.0 Å². The molecule has 114 valence electrons. The van der Waals surface area contributed by atoms with Gasteiger partial charge in [-0.25, -0.2) is 0 Å². The standard InChI is InChI=1S/C15H16BrF2NOS/c1-3-19-14(12-8-13(16)21-9(12)2)10-5-4-6-11(7-10)20-15(17)18/h4-8,14-15,19H,3H2,1-2H3. The van der Waals surface area contributed by atoms with Crippen molar-refractivity contribution in [3.05, 3.63) is 50.1 Å². The van der Waals surface area contributed by atoms with E-state index in [1.165, 1.54) is 10.9 Å². The third-order valence-corrected chi connectivity index (χ3v) is 4.63. The fourth-order valence-corrected chi connectivity index (χ4v) is 3.97. The average Bonchev–Trinajstić information content (AvgIpc) is 2.74. The third kappa shape index (κ3) is 4.25. The molecule has 1 atom stereocenters. The zero-order valence-corrected chi connectivity index (χ0v) is 14.1. The van der Waals surface area contributed by atoms with Gasteiger partial charge >= 0.3 is 6.61 Å². The van der Waals surface area contributed by atoms with Crippen molar-refractivity contribution in [1.82, 2.24) is 5.32 Å². The number of ether oxygens (including phenoxy) is 1. The van der Waals surface area contributed by atoms with Crippen molar-refractivity contribution in [2.75, 3.05) is 6.54 Å². The van der Waals surface area contributed by atoms with Gasteiger partial charge in [0.15, 0.2) is 0 Å². The largest absolute Gasteiger partial charge is 0.435 e. The molecule has 0 aliphatic rings. The Morgan fingerprint density at radius 2 is 2.10 bits per heavy atom. The van der Waals surface area contributed by atoms with Crippen LogP contribution in [0.3, 0.4) is 0 Å². The number of benzene rings is 1. The summed E-state index contributed by atoms with van der Waals surface area (Å²) in [5.41, 5.74) is 2.05. The summed E-state index contributed by atoms with van der Waals surface area (Å²) < 4.78 is 30.2. The molecule has 0 saturated carbocycles. The van der Waals surface area contributed by atoms with Crippen LogP contribution in [0.1, 0.15) is 29.0 Å². The number of hydrogen-bond acceptors (Lipinski definition) is 3. The number of nitrogens with one attached hydrogen (secondary N) is 1. The van der Waals surface area contributed by atoms with Crippen molar-refractivity contribution in [2.45, 2.75) is 26.5 Å². The summed E-state index contributed by atoms with van der Waals surface area (Å²) in [6.07, 6.45) is 0. The first-order valence-electron chi connectivity index (χ1n) is 6.55. The highest BCUT2D eigenvalue weighted by molar-refractivity contribution is 9.11.